The molecule has 7 nitrogen and oxygen atoms in total. The van der Waals surface area contributed by atoms with Gasteiger partial charge in [0.15, 0.2) is 0 Å². The van der Waals surface area contributed by atoms with Crippen LogP contribution >= 0.6 is 0 Å². The minimum absolute atomic E-state index is 0.105. The summed E-state index contributed by atoms with van der Waals surface area (Å²) in [6, 6.07) is 0.427. The Kier molecular flexibility index (Phi) is 8.55. The highest BCUT2D eigenvalue weighted by Crippen LogP contribution is 2.47. The number of carboxylic acids is 1. The number of aliphatic hydroxyl groups excluding tert-OH is 1. The second-order valence-corrected chi connectivity index (χ2v) is 10.9. The number of carbonyl (C=O) groups is 2. The lowest BCUT2D eigenvalue weighted by atomic mass is 9.84. The Morgan fingerprint density at radius 2 is 1.94 bits per heavy atom. The van der Waals surface area contributed by atoms with Gasteiger partial charge in [0, 0.05) is 17.5 Å². The number of carbonyl (C=O) groups excluding carboxylic acids is 1. The molecule has 198 valence electrons. The number of nitrogens with zero attached hydrogens (tertiary/aromatic N) is 1. The van der Waals surface area contributed by atoms with Crippen LogP contribution in [-0.2, 0) is 17.8 Å². The minimum atomic E-state index is -1.04. The van der Waals surface area contributed by atoms with Crippen molar-refractivity contribution >= 4 is 11.9 Å². The van der Waals surface area contributed by atoms with Gasteiger partial charge in [0.05, 0.1) is 18.2 Å². The molecule has 36 heavy (non-hydrogen) atoms. The van der Waals surface area contributed by atoms with Gasteiger partial charge in [0.25, 0.3) is 5.91 Å². The number of benzene rings is 1. The van der Waals surface area contributed by atoms with Crippen LogP contribution in [0.15, 0.2) is 29.4 Å². The number of phenols is 1. The number of allylic oxidation sites excluding steroid dienone is 4. The van der Waals surface area contributed by atoms with Gasteiger partial charge in [-0.05, 0) is 65.4 Å². The van der Waals surface area contributed by atoms with Gasteiger partial charge in [-0.25, -0.2) is 4.79 Å². The van der Waals surface area contributed by atoms with Crippen molar-refractivity contribution in [1.29, 1.82) is 0 Å². The number of rotatable bonds is 10. The molecule has 2 aliphatic heterocycles. The third kappa shape index (κ3) is 5.61. The highest BCUT2D eigenvalue weighted by atomic mass is 16.5. The van der Waals surface area contributed by atoms with E-state index < -0.39 is 29.6 Å². The topological polar surface area (TPSA) is 107 Å². The summed E-state index contributed by atoms with van der Waals surface area (Å²) in [5, 5.41) is 31.5. The minimum Gasteiger partial charge on any atom is -0.508 e. The highest BCUT2D eigenvalue weighted by Gasteiger charge is 2.46. The summed E-state index contributed by atoms with van der Waals surface area (Å²) >= 11 is 0. The van der Waals surface area contributed by atoms with Crippen molar-refractivity contribution < 1.29 is 29.6 Å². The predicted octanol–water partition coefficient (Wildman–Crippen LogP) is 5.37. The van der Waals surface area contributed by atoms with Crippen molar-refractivity contribution in [3.63, 3.8) is 0 Å². The number of aliphatic carboxylic acids is 1. The molecule has 0 bridgehead atoms. The molecule has 0 unspecified atom stereocenters. The monoisotopic (exact) mass is 499 g/mol. The first-order valence-corrected chi connectivity index (χ1v) is 13.0. The van der Waals surface area contributed by atoms with E-state index >= 15 is 0 Å². The predicted molar refractivity (Wildman–Crippen MR) is 139 cm³/mol. The molecule has 0 saturated carbocycles. The van der Waals surface area contributed by atoms with E-state index in [1.165, 1.54) is 22.1 Å². The lowest BCUT2D eigenvalue weighted by Crippen LogP contribution is -2.49. The Morgan fingerprint density at radius 1 is 1.25 bits per heavy atom. The smallest absolute Gasteiger partial charge is 0.326 e. The van der Waals surface area contributed by atoms with Crippen molar-refractivity contribution in [3.8, 4) is 11.5 Å². The summed E-state index contributed by atoms with van der Waals surface area (Å²) < 4.78 is 6.40. The summed E-state index contributed by atoms with van der Waals surface area (Å²) in [6.07, 6.45) is 7.67. The number of amides is 1. The second-order valence-electron chi connectivity index (χ2n) is 10.9. The molecule has 1 amide bonds. The fourth-order valence-electron chi connectivity index (χ4n) is 5.15. The van der Waals surface area contributed by atoms with Crippen LogP contribution in [0.1, 0.15) is 95.1 Å². The molecule has 2 heterocycles. The number of aliphatic hydroxyl groups is 1. The Balaban J connectivity index is 1.85. The first kappa shape index (κ1) is 27.8. The van der Waals surface area contributed by atoms with Crippen molar-refractivity contribution in [1.82, 2.24) is 4.90 Å². The van der Waals surface area contributed by atoms with Gasteiger partial charge in [0.1, 0.15) is 23.1 Å². The number of phenolic OH excluding ortho intramolecular Hbond substituents is 1. The van der Waals surface area contributed by atoms with Crippen LogP contribution in [0.5, 0.6) is 11.5 Å². The van der Waals surface area contributed by atoms with Crippen molar-refractivity contribution in [3.05, 3.63) is 46.1 Å². The molecule has 2 aliphatic rings. The summed E-state index contributed by atoms with van der Waals surface area (Å²) in [7, 11) is 0. The third-order valence-corrected chi connectivity index (χ3v) is 7.72. The Morgan fingerprint density at radius 3 is 2.56 bits per heavy atom. The van der Waals surface area contributed by atoms with Crippen molar-refractivity contribution in [2.45, 2.75) is 104 Å². The zero-order valence-electron chi connectivity index (χ0n) is 22.4. The van der Waals surface area contributed by atoms with E-state index in [-0.39, 0.29) is 30.2 Å². The van der Waals surface area contributed by atoms with E-state index in [2.05, 4.69) is 32.9 Å². The van der Waals surface area contributed by atoms with Gasteiger partial charge in [-0.1, -0.05) is 43.6 Å². The van der Waals surface area contributed by atoms with Crippen LogP contribution in [0.4, 0.5) is 0 Å². The summed E-state index contributed by atoms with van der Waals surface area (Å²) in [5.41, 5.74) is 3.02. The first-order chi connectivity index (χ1) is 16.9. The van der Waals surface area contributed by atoms with Crippen LogP contribution in [0, 0.1) is 5.92 Å². The molecule has 7 heteroatoms. The van der Waals surface area contributed by atoms with Gasteiger partial charge in [-0.3, -0.25) is 4.79 Å². The average Bonchev–Trinajstić information content (AvgIpc) is 3.10. The van der Waals surface area contributed by atoms with Crippen molar-refractivity contribution in [2.75, 3.05) is 0 Å². The molecule has 0 fully saturated rings. The van der Waals surface area contributed by atoms with Crippen LogP contribution in [-0.4, -0.2) is 49.8 Å². The zero-order chi connectivity index (χ0) is 26.8. The van der Waals surface area contributed by atoms with Gasteiger partial charge in [-0.2, -0.15) is 0 Å². The van der Waals surface area contributed by atoms with Crippen LogP contribution in [0.2, 0.25) is 0 Å². The second kappa shape index (κ2) is 11.1. The summed E-state index contributed by atoms with van der Waals surface area (Å²) in [6.45, 7) is 12.0. The number of ether oxygens (including phenoxy) is 1. The Bertz CT molecular complexity index is 1070. The van der Waals surface area contributed by atoms with Crippen molar-refractivity contribution in [2.24, 2.45) is 5.92 Å². The quantitative estimate of drug-likeness (QED) is 0.373. The number of aromatic hydroxyl groups is 1. The maximum atomic E-state index is 13.2. The normalized spacial score (nSPS) is 23.0. The van der Waals surface area contributed by atoms with E-state index in [4.69, 9.17) is 4.74 Å². The molecule has 1 aromatic carbocycles. The van der Waals surface area contributed by atoms with Crippen LogP contribution in [0.3, 0.4) is 0 Å². The molecule has 0 saturated heterocycles. The molecule has 0 spiro atoms. The number of carboxylic acid groups (broad SMARTS) is 1. The van der Waals surface area contributed by atoms with Crippen LogP contribution in [0.25, 0.3) is 0 Å². The molecule has 1 aromatic rings. The lowest BCUT2D eigenvalue weighted by Gasteiger charge is -2.41. The van der Waals surface area contributed by atoms with Gasteiger partial charge < -0.3 is 25.0 Å². The molecule has 3 rings (SSSR count). The summed E-state index contributed by atoms with van der Waals surface area (Å²) in [5.74, 6) is -1.39. The maximum absolute atomic E-state index is 13.2. The van der Waals surface area contributed by atoms with Gasteiger partial charge in [0.2, 0.25) is 0 Å². The molecular weight excluding hydrogens is 458 g/mol. The fraction of sp³-hybridized carbons (Fsp3) is 0.586. The molecule has 0 aliphatic carbocycles. The molecule has 4 atom stereocenters. The lowest BCUT2D eigenvalue weighted by molar-refractivity contribution is -0.144. The third-order valence-electron chi connectivity index (χ3n) is 7.72. The van der Waals surface area contributed by atoms with Crippen LogP contribution < -0.4 is 4.74 Å². The van der Waals surface area contributed by atoms with E-state index in [0.29, 0.717) is 29.7 Å². The molecular formula is C29H41NO6. The highest BCUT2D eigenvalue weighted by molar-refractivity contribution is 6.02. The molecule has 0 aromatic heterocycles. The average molecular weight is 500 g/mol. The number of hydrogen-bond acceptors (Lipinski definition) is 5. The van der Waals surface area contributed by atoms with Gasteiger partial charge in [-0.15, -0.1) is 0 Å². The zero-order valence-corrected chi connectivity index (χ0v) is 22.4. The molecule has 0 radical (unpaired) electrons. The standard InChI is InChI=1S/C29H41NO6/c1-7-19(5)25(28(34)35)30-16-22-20(27(30)33)14-23(31)21-15-24(32)29(6,36-26(21)22)13-9-12-18(4)11-8-10-17(2)3/h10,12,14,19,24-25,31-32H,7-9,11,13,15-16H2,1-6H3,(H,34,35)/b18-12-/t19-,24-,25-,29-/m0/s1. The summed E-state index contributed by atoms with van der Waals surface area (Å²) in [4.78, 5) is 26.6. The number of fused-ring (bicyclic) bond motifs is 3. The first-order valence-electron chi connectivity index (χ1n) is 13.0. The van der Waals surface area contributed by atoms with E-state index in [9.17, 15) is 24.9 Å². The van der Waals surface area contributed by atoms with Gasteiger partial charge >= 0.3 is 5.97 Å². The number of hydrogen-bond donors (Lipinski definition) is 3. The Hall–Kier alpha value is -2.80. The SMILES string of the molecule is CC[C@H](C)[C@@H](C(=O)O)N1Cc2c(cc(O)c3c2O[C@@](C)(CC/C=C(/C)CCC=C(C)C)[C@@H](O)C3)C1=O. The largest absolute Gasteiger partial charge is 0.508 e. The Labute approximate surface area is 214 Å². The maximum Gasteiger partial charge on any atom is 0.326 e. The van der Waals surface area contributed by atoms with E-state index in [1.807, 2.05) is 20.8 Å². The van der Waals surface area contributed by atoms with E-state index in [1.54, 1.807) is 0 Å². The van der Waals surface area contributed by atoms with E-state index in [0.717, 1.165) is 19.3 Å². The fourth-order valence-corrected chi connectivity index (χ4v) is 5.15. The molecule has 3 N–H and O–H groups in total.